The fourth-order valence-corrected chi connectivity index (χ4v) is 4.68. The molecule has 0 aliphatic carbocycles. The van der Waals surface area contributed by atoms with Crippen molar-refractivity contribution < 1.29 is 22.8 Å². The molecule has 1 saturated heterocycles. The highest BCUT2D eigenvalue weighted by Gasteiger charge is 2.50. The van der Waals surface area contributed by atoms with Crippen LogP contribution in [-0.2, 0) is 22.8 Å². The first kappa shape index (κ1) is 19.2. The van der Waals surface area contributed by atoms with Crippen LogP contribution in [0.5, 0.6) is 0 Å². The second kappa shape index (κ2) is 10.0. The molecule has 19 heavy (non-hydrogen) atoms. The highest BCUT2D eigenvalue weighted by atomic mass is 28.4. The number of hydrogen-bond donors (Lipinski definition) is 0. The van der Waals surface area contributed by atoms with Gasteiger partial charge in [0, 0.05) is 19.8 Å². The first-order valence-corrected chi connectivity index (χ1v) is 8.67. The average molecular weight is 311 g/mol. The summed E-state index contributed by atoms with van der Waals surface area (Å²) < 4.78 is 28.6. The molecule has 0 bridgehead atoms. The normalized spacial score (nSPS) is 19.9. The Labute approximate surface area is 122 Å². The smallest absolute Gasteiger partial charge is 0.372 e. The standard InChI is InChI=1S/C12H26O5Si.H4Si/c1-5-12(14-10-11-9-13-11)18(15-6-2,16-7-3)17-8-4;/h11-12H,5-10H2,1-4H3;1H4. The van der Waals surface area contributed by atoms with E-state index in [0.717, 1.165) is 13.0 Å². The Balaban J connectivity index is 0.00000324. The molecule has 0 N–H and O–H groups in total. The molecule has 116 valence electrons. The molecule has 2 atom stereocenters. The van der Waals surface area contributed by atoms with Gasteiger partial charge in [0.1, 0.15) is 11.8 Å². The average Bonchev–Trinajstić information content (AvgIpc) is 3.15. The maximum Gasteiger partial charge on any atom is 0.531 e. The molecule has 1 rings (SSSR count). The van der Waals surface area contributed by atoms with Crippen molar-refractivity contribution in [1.82, 2.24) is 0 Å². The van der Waals surface area contributed by atoms with Crippen LogP contribution in [0.3, 0.4) is 0 Å². The van der Waals surface area contributed by atoms with E-state index in [2.05, 4.69) is 6.92 Å². The Morgan fingerprint density at radius 1 is 1.05 bits per heavy atom. The van der Waals surface area contributed by atoms with Crippen molar-refractivity contribution in [3.63, 3.8) is 0 Å². The molecule has 1 heterocycles. The summed E-state index contributed by atoms with van der Waals surface area (Å²) in [4.78, 5) is 0. The minimum absolute atomic E-state index is 0. The SMILES string of the molecule is CCO[Si](OCC)(OCC)C(CC)OCC1CO1.[SiH4]. The summed E-state index contributed by atoms with van der Waals surface area (Å²) in [5.74, 6) is 0. The zero-order valence-electron chi connectivity index (χ0n) is 11.9. The molecule has 0 saturated carbocycles. The quantitative estimate of drug-likeness (QED) is 0.406. The van der Waals surface area contributed by atoms with E-state index < -0.39 is 8.80 Å². The molecule has 1 aliphatic rings. The molecule has 0 aromatic heterocycles. The first-order valence-electron chi connectivity index (χ1n) is 6.87. The van der Waals surface area contributed by atoms with Crippen LogP contribution in [0.1, 0.15) is 34.1 Å². The lowest BCUT2D eigenvalue weighted by Gasteiger charge is -2.34. The van der Waals surface area contributed by atoms with Gasteiger partial charge in [0.2, 0.25) is 0 Å². The van der Waals surface area contributed by atoms with Crippen LogP contribution in [-0.4, -0.2) is 64.6 Å². The van der Waals surface area contributed by atoms with Gasteiger partial charge in [-0.15, -0.1) is 0 Å². The van der Waals surface area contributed by atoms with Crippen molar-refractivity contribution in [2.75, 3.05) is 33.0 Å². The third-order valence-corrected chi connectivity index (χ3v) is 6.12. The van der Waals surface area contributed by atoms with Gasteiger partial charge in [-0.1, -0.05) is 6.92 Å². The first-order chi connectivity index (χ1) is 8.72. The second-order valence-corrected chi connectivity index (χ2v) is 6.81. The Bertz CT molecular complexity index is 209. The van der Waals surface area contributed by atoms with E-state index in [1.165, 1.54) is 0 Å². The predicted molar refractivity (Wildman–Crippen MR) is 81.7 cm³/mol. The molecule has 5 nitrogen and oxygen atoms in total. The minimum Gasteiger partial charge on any atom is -0.372 e. The Kier molecular flexibility index (Phi) is 10.2. The lowest BCUT2D eigenvalue weighted by Crippen LogP contribution is -2.57. The summed E-state index contributed by atoms with van der Waals surface area (Å²) in [5.41, 5.74) is -0.110. The number of rotatable bonds is 11. The minimum atomic E-state index is -2.74. The third-order valence-electron chi connectivity index (χ3n) is 2.69. The van der Waals surface area contributed by atoms with Crippen molar-refractivity contribution in [3.8, 4) is 0 Å². The van der Waals surface area contributed by atoms with E-state index in [1.54, 1.807) is 0 Å². The Hall–Kier alpha value is 0.234. The summed E-state index contributed by atoms with van der Waals surface area (Å²) in [6.07, 6.45) is 1.06. The molecular weight excluding hydrogens is 280 g/mol. The van der Waals surface area contributed by atoms with E-state index in [-0.39, 0.29) is 22.8 Å². The van der Waals surface area contributed by atoms with Crippen LogP contribution >= 0.6 is 0 Å². The predicted octanol–water partition coefficient (Wildman–Crippen LogP) is 0.316. The molecule has 2 unspecified atom stereocenters. The van der Waals surface area contributed by atoms with Gasteiger partial charge in [0.15, 0.2) is 0 Å². The Morgan fingerprint density at radius 2 is 1.53 bits per heavy atom. The molecule has 0 aromatic carbocycles. The molecule has 1 aliphatic heterocycles. The number of epoxide rings is 1. The molecule has 0 spiro atoms. The van der Waals surface area contributed by atoms with E-state index in [0.29, 0.717) is 26.4 Å². The van der Waals surface area contributed by atoms with Gasteiger partial charge in [0.25, 0.3) is 0 Å². The van der Waals surface area contributed by atoms with Crippen LogP contribution in [0.4, 0.5) is 0 Å². The van der Waals surface area contributed by atoms with Crippen LogP contribution in [0.2, 0.25) is 0 Å². The van der Waals surface area contributed by atoms with E-state index in [9.17, 15) is 0 Å². The maximum atomic E-state index is 5.90. The van der Waals surface area contributed by atoms with Gasteiger partial charge in [0.05, 0.1) is 13.2 Å². The highest BCUT2D eigenvalue weighted by molar-refractivity contribution is 6.62. The molecular formula is C12H30O5Si2. The van der Waals surface area contributed by atoms with Gasteiger partial charge in [-0.05, 0) is 38.2 Å². The topological polar surface area (TPSA) is 49.5 Å². The highest BCUT2D eigenvalue weighted by Crippen LogP contribution is 2.22. The van der Waals surface area contributed by atoms with Gasteiger partial charge < -0.3 is 22.8 Å². The maximum absolute atomic E-state index is 5.90. The molecule has 0 radical (unpaired) electrons. The van der Waals surface area contributed by atoms with E-state index in [4.69, 9.17) is 22.8 Å². The lowest BCUT2D eigenvalue weighted by atomic mass is 10.5. The van der Waals surface area contributed by atoms with E-state index >= 15 is 0 Å². The second-order valence-electron chi connectivity index (χ2n) is 4.09. The Morgan fingerprint density at radius 3 is 1.84 bits per heavy atom. The summed E-state index contributed by atoms with van der Waals surface area (Å²) >= 11 is 0. The number of ether oxygens (including phenoxy) is 2. The van der Waals surface area contributed by atoms with Crippen molar-refractivity contribution in [1.29, 1.82) is 0 Å². The number of hydrogen-bond acceptors (Lipinski definition) is 5. The van der Waals surface area contributed by atoms with Crippen LogP contribution in [0, 0.1) is 0 Å². The monoisotopic (exact) mass is 310 g/mol. The fraction of sp³-hybridized carbons (Fsp3) is 1.00. The molecule has 7 heteroatoms. The zero-order chi connectivity index (χ0) is 13.4. The zero-order valence-corrected chi connectivity index (χ0v) is 12.9. The van der Waals surface area contributed by atoms with Gasteiger partial charge in [-0.2, -0.15) is 0 Å². The van der Waals surface area contributed by atoms with Gasteiger partial charge in [-0.3, -0.25) is 0 Å². The van der Waals surface area contributed by atoms with Crippen molar-refractivity contribution in [2.24, 2.45) is 0 Å². The lowest BCUT2D eigenvalue weighted by molar-refractivity contribution is -0.0147. The fourth-order valence-electron chi connectivity index (χ4n) is 1.87. The van der Waals surface area contributed by atoms with Crippen molar-refractivity contribution in [3.05, 3.63) is 0 Å². The summed E-state index contributed by atoms with van der Waals surface area (Å²) in [5, 5.41) is 0. The van der Waals surface area contributed by atoms with Crippen LogP contribution < -0.4 is 0 Å². The van der Waals surface area contributed by atoms with Crippen LogP contribution in [0.15, 0.2) is 0 Å². The van der Waals surface area contributed by atoms with Gasteiger partial charge >= 0.3 is 8.80 Å². The largest absolute Gasteiger partial charge is 0.531 e. The third kappa shape index (κ3) is 6.03. The van der Waals surface area contributed by atoms with E-state index in [1.807, 2.05) is 20.8 Å². The summed E-state index contributed by atoms with van der Waals surface area (Å²) in [7, 11) is -2.74. The molecule has 0 aromatic rings. The molecule has 1 fully saturated rings. The van der Waals surface area contributed by atoms with Crippen molar-refractivity contribution in [2.45, 2.75) is 45.9 Å². The van der Waals surface area contributed by atoms with Crippen LogP contribution in [0.25, 0.3) is 0 Å². The van der Waals surface area contributed by atoms with Crippen molar-refractivity contribution >= 4 is 19.8 Å². The van der Waals surface area contributed by atoms with Gasteiger partial charge in [-0.25, -0.2) is 0 Å². The summed E-state index contributed by atoms with van der Waals surface area (Å²) in [6.45, 7) is 11.0. The summed E-state index contributed by atoms with van der Waals surface area (Å²) in [6, 6.07) is 0. The molecule has 0 amide bonds.